The molecule has 1 saturated heterocycles. The maximum absolute atomic E-state index is 12.6. The first-order valence-corrected chi connectivity index (χ1v) is 8.49. The Morgan fingerprint density at radius 3 is 2.79 bits per heavy atom. The van der Waals surface area contributed by atoms with E-state index in [1.165, 1.54) is 12.1 Å². The number of aromatic nitrogens is 1. The van der Waals surface area contributed by atoms with E-state index in [-0.39, 0.29) is 5.91 Å². The highest BCUT2D eigenvalue weighted by atomic mass is 16.1. The summed E-state index contributed by atoms with van der Waals surface area (Å²) in [7, 11) is 0. The lowest BCUT2D eigenvalue weighted by molar-refractivity contribution is 0.0953. The van der Waals surface area contributed by atoms with Crippen molar-refractivity contribution in [1.29, 1.82) is 0 Å². The molecule has 2 heterocycles. The van der Waals surface area contributed by atoms with E-state index in [0.717, 1.165) is 29.4 Å². The van der Waals surface area contributed by atoms with E-state index in [2.05, 4.69) is 39.5 Å². The summed E-state index contributed by atoms with van der Waals surface area (Å²) in [5.41, 5.74) is 2.95. The van der Waals surface area contributed by atoms with Gasteiger partial charge in [0.05, 0.1) is 5.56 Å². The second-order valence-corrected chi connectivity index (χ2v) is 6.28. The molecule has 1 fully saturated rings. The Bertz CT molecular complexity index is 840. The van der Waals surface area contributed by atoms with Crippen molar-refractivity contribution in [2.24, 2.45) is 0 Å². The van der Waals surface area contributed by atoms with E-state index in [1.54, 1.807) is 6.20 Å². The van der Waals surface area contributed by atoms with E-state index < -0.39 is 0 Å². The van der Waals surface area contributed by atoms with Gasteiger partial charge in [0.15, 0.2) is 0 Å². The number of benzene rings is 2. The number of rotatable bonds is 4. The molecule has 1 aliphatic rings. The molecular formula is C20H21N3O. The smallest absolute Gasteiger partial charge is 0.253 e. The van der Waals surface area contributed by atoms with Crippen LogP contribution in [0.5, 0.6) is 0 Å². The van der Waals surface area contributed by atoms with Crippen LogP contribution < -0.4 is 10.2 Å². The summed E-state index contributed by atoms with van der Waals surface area (Å²) in [6.45, 7) is 1.73. The van der Waals surface area contributed by atoms with Crippen LogP contribution in [0.15, 0.2) is 60.8 Å². The lowest BCUT2D eigenvalue weighted by Gasteiger charge is -2.27. The molecule has 4 rings (SSSR count). The van der Waals surface area contributed by atoms with Crippen LogP contribution in [0.2, 0.25) is 0 Å². The van der Waals surface area contributed by atoms with Crippen molar-refractivity contribution in [3.8, 4) is 0 Å². The fourth-order valence-electron chi connectivity index (χ4n) is 3.57. The van der Waals surface area contributed by atoms with Gasteiger partial charge >= 0.3 is 0 Å². The third-order valence-electron chi connectivity index (χ3n) is 4.80. The van der Waals surface area contributed by atoms with E-state index in [4.69, 9.17) is 0 Å². The number of hydrogen-bond acceptors (Lipinski definition) is 2. The summed E-state index contributed by atoms with van der Waals surface area (Å²) in [5, 5.41) is 4.09. The van der Waals surface area contributed by atoms with Gasteiger partial charge in [-0.2, -0.15) is 0 Å². The zero-order valence-electron chi connectivity index (χ0n) is 13.5. The fraction of sp³-hybridized carbons (Fsp3) is 0.250. The number of nitrogens with zero attached hydrogens (tertiary/aromatic N) is 1. The molecule has 1 aromatic heterocycles. The van der Waals surface area contributed by atoms with Crippen LogP contribution in [0, 0.1) is 0 Å². The minimum atomic E-state index is -0.00707. The highest BCUT2D eigenvalue weighted by Crippen LogP contribution is 2.25. The fourth-order valence-corrected chi connectivity index (χ4v) is 3.57. The van der Waals surface area contributed by atoms with Crippen molar-refractivity contribution in [1.82, 2.24) is 10.3 Å². The van der Waals surface area contributed by atoms with E-state index in [0.29, 0.717) is 12.6 Å². The van der Waals surface area contributed by atoms with Gasteiger partial charge in [0, 0.05) is 41.9 Å². The molecule has 0 spiro atoms. The monoisotopic (exact) mass is 319 g/mol. The predicted molar refractivity (Wildman–Crippen MR) is 97.4 cm³/mol. The average molecular weight is 319 g/mol. The first-order valence-electron chi connectivity index (χ1n) is 8.49. The molecule has 122 valence electrons. The number of fused-ring (bicyclic) bond motifs is 1. The topological polar surface area (TPSA) is 48.1 Å². The summed E-state index contributed by atoms with van der Waals surface area (Å²) in [6, 6.07) is 18.7. The quantitative estimate of drug-likeness (QED) is 0.772. The van der Waals surface area contributed by atoms with Crippen LogP contribution in [0.25, 0.3) is 10.9 Å². The van der Waals surface area contributed by atoms with Crippen LogP contribution >= 0.6 is 0 Å². The van der Waals surface area contributed by atoms with Crippen LogP contribution in [0.4, 0.5) is 5.69 Å². The third-order valence-corrected chi connectivity index (χ3v) is 4.80. The van der Waals surface area contributed by atoms with Crippen molar-refractivity contribution in [2.75, 3.05) is 18.0 Å². The molecule has 0 radical (unpaired) electrons. The zero-order chi connectivity index (χ0) is 16.4. The maximum Gasteiger partial charge on any atom is 0.253 e. The minimum Gasteiger partial charge on any atom is -0.367 e. The number of hydrogen-bond donors (Lipinski definition) is 2. The number of nitrogens with one attached hydrogen (secondary N) is 2. The molecule has 1 atom stereocenters. The number of para-hydroxylation sites is 2. The van der Waals surface area contributed by atoms with Crippen LogP contribution in [-0.2, 0) is 0 Å². The molecule has 4 nitrogen and oxygen atoms in total. The van der Waals surface area contributed by atoms with Gasteiger partial charge in [-0.05, 0) is 31.0 Å². The highest BCUT2D eigenvalue weighted by Gasteiger charge is 2.25. The van der Waals surface area contributed by atoms with Crippen molar-refractivity contribution in [3.05, 3.63) is 66.4 Å². The second kappa shape index (κ2) is 6.40. The number of carbonyl (C=O) groups excluding carboxylic acids is 1. The van der Waals surface area contributed by atoms with Crippen molar-refractivity contribution < 1.29 is 4.79 Å². The first-order chi connectivity index (χ1) is 11.8. The highest BCUT2D eigenvalue weighted by molar-refractivity contribution is 6.06. The van der Waals surface area contributed by atoms with Crippen molar-refractivity contribution in [3.63, 3.8) is 0 Å². The molecule has 0 bridgehead atoms. The Labute approximate surface area is 141 Å². The van der Waals surface area contributed by atoms with Gasteiger partial charge in [-0.1, -0.05) is 36.4 Å². The summed E-state index contributed by atoms with van der Waals surface area (Å²) in [4.78, 5) is 18.1. The van der Waals surface area contributed by atoms with Crippen molar-refractivity contribution in [2.45, 2.75) is 18.9 Å². The number of H-pyrrole nitrogens is 1. The second-order valence-electron chi connectivity index (χ2n) is 6.28. The van der Waals surface area contributed by atoms with Gasteiger partial charge in [0.1, 0.15) is 0 Å². The first kappa shape index (κ1) is 14.8. The molecule has 1 aliphatic heterocycles. The van der Waals surface area contributed by atoms with E-state index in [1.807, 2.05) is 30.3 Å². The summed E-state index contributed by atoms with van der Waals surface area (Å²) in [5.74, 6) is -0.00707. The molecule has 2 aromatic carbocycles. The summed E-state index contributed by atoms with van der Waals surface area (Å²) >= 11 is 0. The van der Waals surface area contributed by atoms with Gasteiger partial charge < -0.3 is 15.2 Å². The van der Waals surface area contributed by atoms with E-state index in [9.17, 15) is 4.79 Å². The van der Waals surface area contributed by atoms with Gasteiger partial charge in [0.25, 0.3) is 5.91 Å². The Hall–Kier alpha value is -2.75. The Morgan fingerprint density at radius 1 is 1.12 bits per heavy atom. The van der Waals surface area contributed by atoms with Crippen LogP contribution in [0.3, 0.4) is 0 Å². The SMILES string of the molecule is O=C(NC[C@@H]1CCCN1c1ccccc1)c1c[nH]c2ccccc12. The van der Waals surface area contributed by atoms with Crippen molar-refractivity contribution >= 4 is 22.5 Å². The van der Waals surface area contributed by atoms with Gasteiger partial charge in [-0.25, -0.2) is 0 Å². The van der Waals surface area contributed by atoms with Gasteiger partial charge in [0.2, 0.25) is 0 Å². The summed E-state index contributed by atoms with van der Waals surface area (Å²) < 4.78 is 0. The van der Waals surface area contributed by atoms with Crippen LogP contribution in [-0.4, -0.2) is 30.0 Å². The van der Waals surface area contributed by atoms with Gasteiger partial charge in [-0.15, -0.1) is 0 Å². The number of anilines is 1. The van der Waals surface area contributed by atoms with E-state index >= 15 is 0 Å². The minimum absolute atomic E-state index is 0.00707. The largest absolute Gasteiger partial charge is 0.367 e. The number of aromatic amines is 1. The number of carbonyl (C=O) groups is 1. The molecule has 24 heavy (non-hydrogen) atoms. The van der Waals surface area contributed by atoms with Gasteiger partial charge in [-0.3, -0.25) is 4.79 Å². The lowest BCUT2D eigenvalue weighted by atomic mass is 10.1. The lowest BCUT2D eigenvalue weighted by Crippen LogP contribution is -2.40. The standard InChI is InChI=1S/C20H21N3O/c24-20(18-14-21-19-11-5-4-10-17(18)19)22-13-16-9-6-12-23(16)15-7-2-1-3-8-15/h1-5,7-8,10-11,14,16,21H,6,9,12-13H2,(H,22,24)/t16-/m0/s1. The molecule has 4 heteroatoms. The molecule has 0 saturated carbocycles. The molecule has 2 N–H and O–H groups in total. The normalized spacial score (nSPS) is 17.3. The molecule has 1 amide bonds. The third kappa shape index (κ3) is 2.75. The average Bonchev–Trinajstić information content (AvgIpc) is 3.27. The molecule has 3 aromatic rings. The summed E-state index contributed by atoms with van der Waals surface area (Å²) in [6.07, 6.45) is 4.08. The molecular weight excluding hydrogens is 298 g/mol. The molecule has 0 aliphatic carbocycles. The Balaban J connectivity index is 1.45. The Morgan fingerprint density at radius 2 is 1.92 bits per heavy atom. The van der Waals surface area contributed by atoms with Crippen LogP contribution in [0.1, 0.15) is 23.2 Å². The zero-order valence-corrected chi connectivity index (χ0v) is 13.5. The number of amides is 1. The predicted octanol–water partition coefficient (Wildman–Crippen LogP) is 3.57. The molecule has 0 unspecified atom stereocenters. The maximum atomic E-state index is 12.6. The Kier molecular flexibility index (Phi) is 3.95.